The molecule has 1 aromatic heterocycles. The predicted octanol–water partition coefficient (Wildman–Crippen LogP) is 2.27. The quantitative estimate of drug-likeness (QED) is 0.780. The van der Waals surface area contributed by atoms with Gasteiger partial charge >= 0.3 is 12.1 Å². The van der Waals surface area contributed by atoms with Crippen molar-refractivity contribution in [2.24, 2.45) is 0 Å². The van der Waals surface area contributed by atoms with Crippen LogP contribution in [0.15, 0.2) is 18.3 Å². The van der Waals surface area contributed by atoms with E-state index in [0.29, 0.717) is 6.20 Å². The Morgan fingerprint density at radius 2 is 2.22 bits per heavy atom. The lowest BCUT2D eigenvalue weighted by molar-refractivity contribution is -0.143. The van der Waals surface area contributed by atoms with Gasteiger partial charge in [0.2, 0.25) is 0 Å². The molecule has 96 valence electrons. The van der Waals surface area contributed by atoms with Gasteiger partial charge in [-0.2, -0.15) is 18.4 Å². The number of rotatable bonds is 3. The van der Waals surface area contributed by atoms with E-state index in [-0.39, 0.29) is 12.3 Å². The van der Waals surface area contributed by atoms with Crippen LogP contribution in [0.2, 0.25) is 0 Å². The summed E-state index contributed by atoms with van der Waals surface area (Å²) in [6.45, 7) is 1.64. The monoisotopic (exact) mass is 258 g/mol. The van der Waals surface area contributed by atoms with Crippen molar-refractivity contribution in [2.45, 2.75) is 19.0 Å². The van der Waals surface area contributed by atoms with Crippen LogP contribution in [0.4, 0.5) is 13.2 Å². The zero-order chi connectivity index (χ0) is 13.8. The molecule has 1 rings (SSSR count). The smallest absolute Gasteiger partial charge is 0.417 e. The van der Waals surface area contributed by atoms with Crippen molar-refractivity contribution in [3.63, 3.8) is 0 Å². The van der Waals surface area contributed by atoms with E-state index in [1.54, 1.807) is 13.0 Å². The molecule has 0 unspecified atom stereocenters. The summed E-state index contributed by atoms with van der Waals surface area (Å²) in [5.74, 6) is -2.14. The number of carbonyl (C=O) groups excluding carboxylic acids is 1. The topological polar surface area (TPSA) is 63.0 Å². The largest absolute Gasteiger partial charge is 0.465 e. The molecule has 1 atom stereocenters. The van der Waals surface area contributed by atoms with Gasteiger partial charge < -0.3 is 4.74 Å². The zero-order valence-corrected chi connectivity index (χ0v) is 9.36. The van der Waals surface area contributed by atoms with Crippen LogP contribution in [0.25, 0.3) is 0 Å². The molecule has 0 aliphatic carbocycles. The van der Waals surface area contributed by atoms with Gasteiger partial charge in [-0.25, -0.2) is 0 Å². The van der Waals surface area contributed by atoms with E-state index in [9.17, 15) is 18.0 Å². The number of hydrogen-bond donors (Lipinski definition) is 0. The van der Waals surface area contributed by atoms with E-state index in [1.165, 1.54) is 0 Å². The summed E-state index contributed by atoms with van der Waals surface area (Å²) in [6, 6.07) is 3.41. The Bertz CT molecular complexity index is 463. The molecule has 0 saturated heterocycles. The minimum absolute atomic E-state index is 0.0658. The average Bonchev–Trinajstić information content (AvgIpc) is 2.30. The summed E-state index contributed by atoms with van der Waals surface area (Å²) in [4.78, 5) is 14.8. The molecule has 0 fully saturated rings. The Morgan fingerprint density at radius 3 is 2.61 bits per heavy atom. The number of alkyl halides is 3. The number of carbonyl (C=O) groups is 1. The molecule has 7 heteroatoms. The normalized spacial score (nSPS) is 12.6. The first-order chi connectivity index (χ1) is 8.40. The van der Waals surface area contributed by atoms with Crippen molar-refractivity contribution < 1.29 is 22.7 Å². The highest BCUT2D eigenvalue weighted by Gasteiger charge is 2.31. The molecule has 1 heterocycles. The molecule has 0 radical (unpaired) electrons. The third-order valence-electron chi connectivity index (χ3n) is 2.06. The summed E-state index contributed by atoms with van der Waals surface area (Å²) in [5.41, 5.74) is -1.00. The molecule has 0 N–H and O–H groups in total. The molecule has 18 heavy (non-hydrogen) atoms. The molecule has 4 nitrogen and oxygen atoms in total. The standard InChI is InChI=1S/C11H9F3N2O2/c1-2-18-10(17)8(5-15)9-4-3-7(6-16-9)11(12,13)14/h3-4,6,8H,2H2,1H3/t8-/m1/s1. The highest BCUT2D eigenvalue weighted by atomic mass is 19.4. The maximum absolute atomic E-state index is 12.3. The lowest BCUT2D eigenvalue weighted by Gasteiger charge is -2.09. The first kappa shape index (κ1) is 14.0. The van der Waals surface area contributed by atoms with E-state index < -0.39 is 23.6 Å². The van der Waals surface area contributed by atoms with Gasteiger partial charge in [-0.3, -0.25) is 9.78 Å². The number of ether oxygens (including phenoxy) is 1. The minimum Gasteiger partial charge on any atom is -0.465 e. The third-order valence-corrected chi connectivity index (χ3v) is 2.06. The van der Waals surface area contributed by atoms with Crippen LogP contribution in [0.3, 0.4) is 0 Å². The maximum Gasteiger partial charge on any atom is 0.417 e. The average molecular weight is 258 g/mol. The molecular formula is C11H9F3N2O2. The first-order valence-corrected chi connectivity index (χ1v) is 4.99. The van der Waals surface area contributed by atoms with Gasteiger partial charge in [-0.05, 0) is 19.1 Å². The van der Waals surface area contributed by atoms with Gasteiger partial charge in [-0.15, -0.1) is 0 Å². The van der Waals surface area contributed by atoms with E-state index >= 15 is 0 Å². The number of hydrogen-bond acceptors (Lipinski definition) is 4. The molecule has 0 amide bonds. The molecule has 0 aliphatic heterocycles. The SMILES string of the molecule is CCOC(=O)[C@H](C#N)c1ccc(C(F)(F)F)cn1. The Morgan fingerprint density at radius 1 is 1.56 bits per heavy atom. The van der Waals surface area contributed by atoms with Crippen molar-refractivity contribution in [2.75, 3.05) is 6.61 Å². The van der Waals surface area contributed by atoms with Crippen LogP contribution < -0.4 is 0 Å². The van der Waals surface area contributed by atoms with Gasteiger partial charge in [0.15, 0.2) is 5.92 Å². The van der Waals surface area contributed by atoms with Crippen LogP contribution in [-0.4, -0.2) is 17.6 Å². The fourth-order valence-corrected chi connectivity index (χ4v) is 1.21. The van der Waals surface area contributed by atoms with E-state index in [4.69, 9.17) is 5.26 Å². The molecule has 0 saturated carbocycles. The van der Waals surface area contributed by atoms with E-state index in [2.05, 4.69) is 9.72 Å². The molecular weight excluding hydrogens is 249 g/mol. The lowest BCUT2D eigenvalue weighted by atomic mass is 10.1. The highest BCUT2D eigenvalue weighted by molar-refractivity contribution is 5.80. The molecule has 0 aliphatic rings. The lowest BCUT2D eigenvalue weighted by Crippen LogP contribution is -2.16. The van der Waals surface area contributed by atoms with Crippen molar-refractivity contribution in [3.8, 4) is 6.07 Å². The summed E-state index contributed by atoms with van der Waals surface area (Å²) in [6.07, 6.45) is -3.92. The molecule has 0 aromatic carbocycles. The Labute approximate surface area is 101 Å². The van der Waals surface area contributed by atoms with Gasteiger partial charge in [0.25, 0.3) is 0 Å². The predicted molar refractivity (Wildman–Crippen MR) is 54.2 cm³/mol. The van der Waals surface area contributed by atoms with Crippen LogP contribution in [-0.2, 0) is 15.7 Å². The van der Waals surface area contributed by atoms with Crippen molar-refractivity contribution in [3.05, 3.63) is 29.6 Å². The van der Waals surface area contributed by atoms with E-state index in [1.807, 2.05) is 0 Å². The Balaban J connectivity index is 2.97. The Hall–Kier alpha value is -2.10. The summed E-state index contributed by atoms with van der Waals surface area (Å²) >= 11 is 0. The summed E-state index contributed by atoms with van der Waals surface area (Å²) < 4.78 is 41.5. The number of pyridine rings is 1. The van der Waals surface area contributed by atoms with Gasteiger partial charge in [0, 0.05) is 6.20 Å². The molecule has 1 aromatic rings. The van der Waals surface area contributed by atoms with Crippen molar-refractivity contribution in [1.29, 1.82) is 5.26 Å². The fraction of sp³-hybridized carbons (Fsp3) is 0.364. The summed E-state index contributed by atoms with van der Waals surface area (Å²) in [7, 11) is 0. The Kier molecular flexibility index (Phi) is 4.26. The molecule has 0 bridgehead atoms. The fourth-order valence-electron chi connectivity index (χ4n) is 1.21. The van der Waals surface area contributed by atoms with Gasteiger partial charge in [0.05, 0.1) is 23.9 Å². The van der Waals surface area contributed by atoms with Crippen LogP contribution in [0.1, 0.15) is 24.1 Å². The molecule has 0 spiro atoms. The second-order valence-electron chi connectivity index (χ2n) is 3.28. The van der Waals surface area contributed by atoms with Crippen LogP contribution in [0.5, 0.6) is 0 Å². The number of nitrogens with zero attached hydrogens (tertiary/aromatic N) is 2. The maximum atomic E-state index is 12.3. The second-order valence-corrected chi connectivity index (χ2v) is 3.28. The highest BCUT2D eigenvalue weighted by Crippen LogP contribution is 2.29. The second kappa shape index (κ2) is 5.49. The minimum atomic E-state index is -4.50. The van der Waals surface area contributed by atoms with Crippen LogP contribution >= 0.6 is 0 Å². The number of aromatic nitrogens is 1. The van der Waals surface area contributed by atoms with Gasteiger partial charge in [-0.1, -0.05) is 0 Å². The third kappa shape index (κ3) is 3.20. The zero-order valence-electron chi connectivity index (χ0n) is 9.36. The van der Waals surface area contributed by atoms with Gasteiger partial charge in [0.1, 0.15) is 0 Å². The first-order valence-electron chi connectivity index (χ1n) is 4.99. The van der Waals surface area contributed by atoms with Crippen LogP contribution in [0, 0.1) is 11.3 Å². The number of nitriles is 1. The number of esters is 1. The summed E-state index contributed by atoms with van der Waals surface area (Å²) in [5, 5.41) is 8.79. The number of halogens is 3. The van der Waals surface area contributed by atoms with Crippen molar-refractivity contribution >= 4 is 5.97 Å². The van der Waals surface area contributed by atoms with E-state index in [0.717, 1.165) is 12.1 Å². The van der Waals surface area contributed by atoms with Crippen molar-refractivity contribution in [1.82, 2.24) is 4.98 Å².